The van der Waals surface area contributed by atoms with Crippen molar-refractivity contribution in [2.24, 2.45) is 10.4 Å². The summed E-state index contributed by atoms with van der Waals surface area (Å²) in [5, 5.41) is 6.04. The van der Waals surface area contributed by atoms with Crippen LogP contribution in [0.3, 0.4) is 0 Å². The summed E-state index contributed by atoms with van der Waals surface area (Å²) in [4.78, 5) is 4.16. The van der Waals surface area contributed by atoms with E-state index in [1.807, 2.05) is 6.92 Å². The topological polar surface area (TPSA) is 36.4 Å². The van der Waals surface area contributed by atoms with Crippen LogP contribution in [0.2, 0.25) is 0 Å². The van der Waals surface area contributed by atoms with Gasteiger partial charge in [0.1, 0.15) is 0 Å². The maximum Gasteiger partial charge on any atom is 0.245 e. The largest absolute Gasteiger partial charge is 0.356 e. The molecule has 0 spiro atoms. The van der Waals surface area contributed by atoms with Crippen LogP contribution in [0.5, 0.6) is 0 Å². The van der Waals surface area contributed by atoms with Crippen LogP contribution in [-0.4, -0.2) is 31.5 Å². The van der Waals surface area contributed by atoms with Crippen molar-refractivity contribution in [1.29, 1.82) is 0 Å². The molecule has 1 unspecified atom stereocenters. The van der Waals surface area contributed by atoms with E-state index >= 15 is 0 Å². The number of nitrogens with zero attached hydrogens (tertiary/aromatic N) is 1. The summed E-state index contributed by atoms with van der Waals surface area (Å²) in [6.07, 6.45) is -0.963. The number of aliphatic imine (C=N–C) groups is 1. The first-order chi connectivity index (χ1) is 6.62. The summed E-state index contributed by atoms with van der Waals surface area (Å²) < 4.78 is 25.1. The highest BCUT2D eigenvalue weighted by Crippen LogP contribution is 2.50. The zero-order chi connectivity index (χ0) is 10.2. The average Bonchev–Trinajstić information content (AvgIpc) is 2.82. The number of alkyl halides is 2. The van der Waals surface area contributed by atoms with Crippen molar-refractivity contribution in [1.82, 2.24) is 10.6 Å². The second-order valence-electron chi connectivity index (χ2n) is 4.25. The lowest BCUT2D eigenvalue weighted by Gasteiger charge is -2.16. The van der Waals surface area contributed by atoms with Gasteiger partial charge >= 0.3 is 0 Å². The molecule has 0 radical (unpaired) electrons. The van der Waals surface area contributed by atoms with Gasteiger partial charge in [0.05, 0.1) is 6.54 Å². The van der Waals surface area contributed by atoms with Gasteiger partial charge in [-0.2, -0.15) is 0 Å². The molecule has 0 saturated heterocycles. The molecule has 0 aromatic carbocycles. The van der Waals surface area contributed by atoms with Crippen molar-refractivity contribution in [3.05, 3.63) is 0 Å². The van der Waals surface area contributed by atoms with Crippen LogP contribution in [-0.2, 0) is 0 Å². The Morgan fingerprint density at radius 3 is 2.67 bits per heavy atom. The number of halogens is 3. The maximum atomic E-state index is 12.5. The second-order valence-corrected chi connectivity index (χ2v) is 4.25. The molecule has 0 amide bonds. The lowest BCUT2D eigenvalue weighted by Crippen LogP contribution is -2.41. The highest BCUT2D eigenvalue weighted by molar-refractivity contribution is 14.0. The Bertz CT molecular complexity index is 254. The first-order valence-corrected chi connectivity index (χ1v) is 4.95. The predicted octanol–water partition coefficient (Wildman–Crippen LogP) is 1.59. The van der Waals surface area contributed by atoms with Gasteiger partial charge in [-0.25, -0.2) is 8.78 Å². The molecule has 1 saturated carbocycles. The van der Waals surface area contributed by atoms with Gasteiger partial charge in [0.25, 0.3) is 0 Å². The van der Waals surface area contributed by atoms with Crippen LogP contribution in [0, 0.1) is 5.41 Å². The van der Waals surface area contributed by atoms with Crippen LogP contribution in [0.1, 0.15) is 19.8 Å². The molecule has 0 aromatic heterocycles. The lowest BCUT2D eigenvalue weighted by atomic mass is 10.1. The number of hydrogen-bond donors (Lipinski definition) is 2. The Kier molecular flexibility index (Phi) is 4.13. The first-order valence-electron chi connectivity index (χ1n) is 4.95. The van der Waals surface area contributed by atoms with E-state index in [1.54, 1.807) is 0 Å². The van der Waals surface area contributed by atoms with E-state index in [0.29, 0.717) is 31.4 Å². The quantitative estimate of drug-likeness (QED) is 0.771. The lowest BCUT2D eigenvalue weighted by molar-refractivity contribution is 0.0639. The predicted molar refractivity (Wildman–Crippen MR) is 66.0 cm³/mol. The molecule has 88 valence electrons. The Hall–Kier alpha value is -0.140. The molecule has 2 aliphatic rings. The average molecular weight is 331 g/mol. The molecule has 6 heteroatoms. The zero-order valence-electron chi connectivity index (χ0n) is 8.59. The third-order valence-corrected chi connectivity index (χ3v) is 2.87. The minimum atomic E-state index is -2.21. The van der Waals surface area contributed by atoms with E-state index in [9.17, 15) is 8.78 Å². The molecule has 0 bridgehead atoms. The fraction of sp³-hybridized carbons (Fsp3) is 0.889. The summed E-state index contributed by atoms with van der Waals surface area (Å²) in [6, 6.07) is 0.319. The normalized spacial score (nSPS) is 26.7. The summed E-state index contributed by atoms with van der Waals surface area (Å²) in [5.41, 5.74) is -0.768. The van der Waals surface area contributed by atoms with E-state index in [1.165, 1.54) is 0 Å². The minimum Gasteiger partial charge on any atom is -0.356 e. The molecular formula is C9H16F2IN3. The number of rotatable bonds is 3. The van der Waals surface area contributed by atoms with Gasteiger partial charge in [-0.15, -0.1) is 24.0 Å². The van der Waals surface area contributed by atoms with Gasteiger partial charge in [-0.05, 0) is 19.8 Å². The molecule has 15 heavy (non-hydrogen) atoms. The molecule has 1 aliphatic heterocycles. The Morgan fingerprint density at radius 2 is 2.27 bits per heavy atom. The van der Waals surface area contributed by atoms with Gasteiger partial charge in [-0.3, -0.25) is 4.99 Å². The fourth-order valence-electron chi connectivity index (χ4n) is 1.55. The molecule has 1 fully saturated rings. The standard InChI is InChI=1S/C9H15F2N3.HI/c1-6-4-12-8(14-6)13-5-9(2-3-9)7(10)11;/h6-7H,2-5H2,1H3,(H2,12,13,14);1H. The Balaban J connectivity index is 0.00000112. The van der Waals surface area contributed by atoms with Crippen molar-refractivity contribution in [2.75, 3.05) is 13.1 Å². The molecule has 1 aliphatic carbocycles. The SMILES string of the molecule is CC1CN=C(NCC2(C(F)F)CC2)N1.I. The maximum absolute atomic E-state index is 12.5. The molecule has 0 aromatic rings. The highest BCUT2D eigenvalue weighted by Gasteiger charge is 2.50. The third kappa shape index (κ3) is 2.92. The monoisotopic (exact) mass is 331 g/mol. The third-order valence-electron chi connectivity index (χ3n) is 2.87. The second kappa shape index (κ2) is 4.80. The van der Waals surface area contributed by atoms with Gasteiger partial charge < -0.3 is 10.6 Å². The van der Waals surface area contributed by atoms with Gasteiger partial charge in [0.15, 0.2) is 5.96 Å². The summed E-state index contributed by atoms with van der Waals surface area (Å²) >= 11 is 0. The van der Waals surface area contributed by atoms with Crippen molar-refractivity contribution >= 4 is 29.9 Å². The Morgan fingerprint density at radius 1 is 1.60 bits per heavy atom. The molecule has 2 rings (SSSR count). The van der Waals surface area contributed by atoms with E-state index in [2.05, 4.69) is 15.6 Å². The van der Waals surface area contributed by atoms with E-state index in [0.717, 1.165) is 6.54 Å². The summed E-state index contributed by atoms with van der Waals surface area (Å²) in [6.45, 7) is 3.07. The van der Waals surface area contributed by atoms with Crippen molar-refractivity contribution in [3.63, 3.8) is 0 Å². The Labute approximate surface area is 105 Å². The van der Waals surface area contributed by atoms with Crippen molar-refractivity contribution in [3.8, 4) is 0 Å². The molecule has 2 N–H and O–H groups in total. The fourth-order valence-corrected chi connectivity index (χ4v) is 1.55. The number of hydrogen-bond acceptors (Lipinski definition) is 3. The minimum absolute atomic E-state index is 0. The van der Waals surface area contributed by atoms with Crippen LogP contribution < -0.4 is 10.6 Å². The first kappa shape index (κ1) is 12.9. The van der Waals surface area contributed by atoms with Crippen molar-refractivity contribution < 1.29 is 8.78 Å². The molecule has 3 nitrogen and oxygen atoms in total. The van der Waals surface area contributed by atoms with Gasteiger partial charge in [0.2, 0.25) is 6.43 Å². The van der Waals surface area contributed by atoms with Crippen molar-refractivity contribution in [2.45, 2.75) is 32.2 Å². The van der Waals surface area contributed by atoms with Crippen LogP contribution in [0.4, 0.5) is 8.78 Å². The summed E-state index contributed by atoms with van der Waals surface area (Å²) in [7, 11) is 0. The highest BCUT2D eigenvalue weighted by atomic mass is 127. The zero-order valence-corrected chi connectivity index (χ0v) is 10.9. The van der Waals surface area contributed by atoms with E-state index in [-0.39, 0.29) is 24.0 Å². The number of guanidine groups is 1. The van der Waals surface area contributed by atoms with Gasteiger partial charge in [-0.1, -0.05) is 0 Å². The molecule has 1 heterocycles. The van der Waals surface area contributed by atoms with Crippen LogP contribution in [0.25, 0.3) is 0 Å². The van der Waals surface area contributed by atoms with Gasteiger partial charge in [0, 0.05) is 18.0 Å². The van der Waals surface area contributed by atoms with Crippen LogP contribution >= 0.6 is 24.0 Å². The van der Waals surface area contributed by atoms with E-state index < -0.39 is 11.8 Å². The van der Waals surface area contributed by atoms with Crippen LogP contribution in [0.15, 0.2) is 4.99 Å². The summed E-state index contributed by atoms with van der Waals surface area (Å²) in [5.74, 6) is 0.671. The van der Waals surface area contributed by atoms with E-state index in [4.69, 9.17) is 0 Å². The smallest absolute Gasteiger partial charge is 0.245 e. The molecule has 1 atom stereocenters. The molecular weight excluding hydrogens is 315 g/mol. The number of nitrogens with one attached hydrogen (secondary N) is 2.